The smallest absolute Gasteiger partial charge is 0.240 e. The lowest BCUT2D eigenvalue weighted by Gasteiger charge is -2.18. The summed E-state index contributed by atoms with van der Waals surface area (Å²) < 4.78 is 32.6. The van der Waals surface area contributed by atoms with E-state index >= 15 is 0 Å². The van der Waals surface area contributed by atoms with E-state index in [0.29, 0.717) is 24.1 Å². The van der Waals surface area contributed by atoms with Crippen molar-refractivity contribution in [2.75, 3.05) is 26.7 Å². The average Bonchev–Trinajstić information content (AvgIpc) is 2.70. The van der Waals surface area contributed by atoms with Crippen LogP contribution in [0.15, 0.2) is 64.5 Å². The summed E-state index contributed by atoms with van der Waals surface area (Å²) in [6, 6.07) is 15.4. The van der Waals surface area contributed by atoms with Gasteiger partial charge in [-0.25, -0.2) is 13.1 Å². The first-order chi connectivity index (χ1) is 13.4. The molecular formula is C19H25ClN4O3S. The number of aliphatic imine (C=N–C) groups is 1. The number of hydrogen-bond donors (Lipinski definition) is 3. The van der Waals surface area contributed by atoms with Crippen LogP contribution in [0.25, 0.3) is 0 Å². The summed E-state index contributed by atoms with van der Waals surface area (Å²) in [5.74, 6) is 1.29. The van der Waals surface area contributed by atoms with Gasteiger partial charge in [-0.1, -0.05) is 29.8 Å². The molecule has 1 unspecified atom stereocenters. The lowest BCUT2D eigenvalue weighted by molar-refractivity contribution is 0.224. The van der Waals surface area contributed by atoms with E-state index < -0.39 is 10.0 Å². The van der Waals surface area contributed by atoms with Crippen LogP contribution in [-0.2, 0) is 10.0 Å². The van der Waals surface area contributed by atoms with Gasteiger partial charge in [-0.15, -0.1) is 0 Å². The van der Waals surface area contributed by atoms with Crippen molar-refractivity contribution in [1.82, 2.24) is 15.4 Å². The van der Waals surface area contributed by atoms with Gasteiger partial charge >= 0.3 is 0 Å². The van der Waals surface area contributed by atoms with Crippen LogP contribution in [0.1, 0.15) is 6.92 Å². The molecule has 0 fully saturated rings. The predicted molar refractivity (Wildman–Crippen MR) is 113 cm³/mol. The number of benzene rings is 2. The van der Waals surface area contributed by atoms with E-state index in [1.54, 1.807) is 49.5 Å². The Morgan fingerprint density at radius 2 is 1.75 bits per heavy atom. The van der Waals surface area contributed by atoms with Crippen molar-refractivity contribution >= 4 is 27.6 Å². The fourth-order valence-corrected chi connectivity index (χ4v) is 3.48. The van der Waals surface area contributed by atoms with E-state index in [-0.39, 0.29) is 17.5 Å². The molecule has 152 valence electrons. The SMILES string of the molecule is CN=C(NCCNS(=O)(=O)c1ccccc1)NCC(C)Oc1ccc(Cl)cc1. The van der Waals surface area contributed by atoms with E-state index in [9.17, 15) is 8.42 Å². The summed E-state index contributed by atoms with van der Waals surface area (Å²) in [6.45, 7) is 3.08. The van der Waals surface area contributed by atoms with E-state index in [1.807, 2.05) is 19.1 Å². The van der Waals surface area contributed by atoms with Crippen LogP contribution in [0.5, 0.6) is 5.75 Å². The lowest BCUT2D eigenvalue weighted by Crippen LogP contribution is -2.44. The molecule has 0 saturated carbocycles. The molecule has 2 aromatic rings. The van der Waals surface area contributed by atoms with E-state index in [4.69, 9.17) is 16.3 Å². The molecule has 9 heteroatoms. The Balaban J connectivity index is 1.70. The third-order valence-electron chi connectivity index (χ3n) is 3.69. The topological polar surface area (TPSA) is 91.8 Å². The number of sulfonamides is 1. The molecule has 2 rings (SSSR count). The Bertz CT molecular complexity index is 859. The van der Waals surface area contributed by atoms with Crippen LogP contribution in [-0.4, -0.2) is 47.2 Å². The molecule has 2 aromatic carbocycles. The van der Waals surface area contributed by atoms with E-state index in [0.717, 1.165) is 5.75 Å². The van der Waals surface area contributed by atoms with Crippen molar-refractivity contribution in [1.29, 1.82) is 0 Å². The number of hydrogen-bond acceptors (Lipinski definition) is 4. The first kappa shape index (κ1) is 22.0. The molecule has 0 amide bonds. The summed E-state index contributed by atoms with van der Waals surface area (Å²) >= 11 is 5.86. The molecule has 1 atom stereocenters. The molecule has 0 aliphatic heterocycles. The molecule has 0 bridgehead atoms. The van der Waals surface area contributed by atoms with Crippen molar-refractivity contribution in [3.8, 4) is 5.75 Å². The highest BCUT2D eigenvalue weighted by molar-refractivity contribution is 7.89. The molecule has 0 aliphatic rings. The molecule has 28 heavy (non-hydrogen) atoms. The molecule has 0 radical (unpaired) electrons. The van der Waals surface area contributed by atoms with Crippen LogP contribution in [0.2, 0.25) is 5.02 Å². The Kier molecular flexibility index (Phi) is 8.56. The minimum absolute atomic E-state index is 0.101. The van der Waals surface area contributed by atoms with Crippen molar-refractivity contribution in [3.05, 3.63) is 59.6 Å². The molecule has 3 N–H and O–H groups in total. The monoisotopic (exact) mass is 424 g/mol. The number of nitrogens with one attached hydrogen (secondary N) is 3. The number of rotatable bonds is 9. The largest absolute Gasteiger partial charge is 0.489 e. The van der Waals surface area contributed by atoms with Crippen LogP contribution in [0.3, 0.4) is 0 Å². The zero-order valence-corrected chi connectivity index (χ0v) is 17.4. The normalized spacial score (nSPS) is 13.0. The summed E-state index contributed by atoms with van der Waals surface area (Å²) in [7, 11) is -1.86. The fraction of sp³-hybridized carbons (Fsp3) is 0.316. The van der Waals surface area contributed by atoms with Crippen molar-refractivity contribution < 1.29 is 13.2 Å². The number of halogens is 1. The second-order valence-corrected chi connectivity index (χ2v) is 8.18. The quantitative estimate of drug-likeness (QED) is 0.326. The summed E-state index contributed by atoms with van der Waals surface area (Å²) in [6.07, 6.45) is -0.101. The third kappa shape index (κ3) is 7.38. The standard InChI is InChI=1S/C19H25ClN4O3S/c1-15(27-17-10-8-16(20)9-11-17)14-23-19(21-2)22-12-13-24-28(25,26)18-6-4-3-5-7-18/h3-11,15,24H,12-14H2,1-2H3,(H2,21,22,23). The Morgan fingerprint density at radius 3 is 2.39 bits per heavy atom. The average molecular weight is 425 g/mol. The van der Waals surface area contributed by atoms with Gasteiger partial charge in [0.1, 0.15) is 11.9 Å². The third-order valence-corrected chi connectivity index (χ3v) is 5.42. The summed E-state index contributed by atoms with van der Waals surface area (Å²) in [5, 5.41) is 6.86. The number of nitrogens with zero attached hydrogens (tertiary/aromatic N) is 1. The van der Waals surface area contributed by atoms with E-state index in [1.165, 1.54) is 0 Å². The van der Waals surface area contributed by atoms with Gasteiger partial charge in [-0.2, -0.15) is 0 Å². The van der Waals surface area contributed by atoms with Gasteiger partial charge < -0.3 is 15.4 Å². The Morgan fingerprint density at radius 1 is 1.07 bits per heavy atom. The van der Waals surface area contributed by atoms with Gasteiger partial charge in [-0.05, 0) is 43.3 Å². The molecule has 0 saturated heterocycles. The maximum absolute atomic E-state index is 12.1. The molecule has 0 aliphatic carbocycles. The molecule has 0 aromatic heterocycles. The highest BCUT2D eigenvalue weighted by Crippen LogP contribution is 2.16. The Labute approximate surface area is 171 Å². The minimum Gasteiger partial charge on any atom is -0.489 e. The van der Waals surface area contributed by atoms with Crippen molar-refractivity contribution in [2.24, 2.45) is 4.99 Å². The maximum atomic E-state index is 12.1. The predicted octanol–water partition coefficient (Wildman–Crippen LogP) is 2.25. The zero-order chi connectivity index (χ0) is 20.4. The van der Waals surface area contributed by atoms with Gasteiger partial charge in [0.25, 0.3) is 0 Å². The van der Waals surface area contributed by atoms with Gasteiger partial charge in [-0.3, -0.25) is 4.99 Å². The fourth-order valence-electron chi connectivity index (χ4n) is 2.30. The molecule has 0 heterocycles. The van der Waals surface area contributed by atoms with Crippen molar-refractivity contribution in [3.63, 3.8) is 0 Å². The lowest BCUT2D eigenvalue weighted by atomic mass is 10.3. The highest BCUT2D eigenvalue weighted by atomic mass is 35.5. The second-order valence-electron chi connectivity index (χ2n) is 5.97. The van der Waals surface area contributed by atoms with Crippen LogP contribution in [0.4, 0.5) is 0 Å². The van der Waals surface area contributed by atoms with Crippen LogP contribution in [0, 0.1) is 0 Å². The van der Waals surface area contributed by atoms with Gasteiger partial charge in [0.2, 0.25) is 10.0 Å². The van der Waals surface area contributed by atoms with Crippen LogP contribution >= 0.6 is 11.6 Å². The molecular weight excluding hydrogens is 400 g/mol. The number of ether oxygens (including phenoxy) is 1. The minimum atomic E-state index is -3.51. The second kappa shape index (κ2) is 10.9. The van der Waals surface area contributed by atoms with Crippen molar-refractivity contribution in [2.45, 2.75) is 17.9 Å². The van der Waals surface area contributed by atoms with Gasteiger partial charge in [0.15, 0.2) is 5.96 Å². The summed E-state index contributed by atoms with van der Waals surface area (Å²) in [4.78, 5) is 4.36. The number of guanidine groups is 1. The first-order valence-electron chi connectivity index (χ1n) is 8.82. The first-order valence-corrected chi connectivity index (χ1v) is 10.7. The Hall–Kier alpha value is -2.29. The van der Waals surface area contributed by atoms with Gasteiger partial charge in [0.05, 0.1) is 11.4 Å². The zero-order valence-electron chi connectivity index (χ0n) is 15.9. The molecule has 7 nitrogen and oxygen atoms in total. The van der Waals surface area contributed by atoms with Crippen LogP contribution < -0.4 is 20.1 Å². The maximum Gasteiger partial charge on any atom is 0.240 e. The highest BCUT2D eigenvalue weighted by Gasteiger charge is 2.12. The van der Waals surface area contributed by atoms with E-state index in [2.05, 4.69) is 20.3 Å². The summed E-state index contributed by atoms with van der Waals surface area (Å²) in [5.41, 5.74) is 0. The molecule has 0 spiro atoms. The van der Waals surface area contributed by atoms with Gasteiger partial charge in [0, 0.05) is 25.2 Å².